The van der Waals surface area contributed by atoms with Gasteiger partial charge in [0.1, 0.15) is 5.56 Å². The zero-order valence-electron chi connectivity index (χ0n) is 8.40. The number of ketones is 1. The molecule has 0 saturated carbocycles. The van der Waals surface area contributed by atoms with Gasteiger partial charge in [0.05, 0.1) is 17.4 Å². The largest absolute Gasteiger partial charge is 0.490 e. The van der Waals surface area contributed by atoms with Gasteiger partial charge in [-0.1, -0.05) is 15.9 Å². The van der Waals surface area contributed by atoms with Crippen molar-refractivity contribution < 1.29 is 14.5 Å². The zero-order chi connectivity index (χ0) is 12.3. The number of nitrogens with two attached hydrogens (primary N) is 1. The van der Waals surface area contributed by atoms with Crippen LogP contribution in [-0.4, -0.2) is 23.1 Å². The number of methoxy groups -OCH3 is 1. The topological polar surface area (TPSA) is 95.5 Å². The fraction of sp³-hybridized carbons (Fsp3) is 0.222. The Morgan fingerprint density at radius 2 is 2.25 bits per heavy atom. The highest BCUT2D eigenvalue weighted by Gasteiger charge is 2.25. The van der Waals surface area contributed by atoms with Crippen molar-refractivity contribution in [1.29, 1.82) is 0 Å². The van der Waals surface area contributed by atoms with Gasteiger partial charge in [-0.25, -0.2) is 0 Å². The molecule has 16 heavy (non-hydrogen) atoms. The van der Waals surface area contributed by atoms with Crippen molar-refractivity contribution in [2.75, 3.05) is 18.2 Å². The maximum absolute atomic E-state index is 11.5. The number of nitro groups is 1. The van der Waals surface area contributed by atoms with E-state index in [1.54, 1.807) is 0 Å². The molecular formula is C9H9BrN2O4. The van der Waals surface area contributed by atoms with E-state index in [1.165, 1.54) is 19.2 Å². The van der Waals surface area contributed by atoms with E-state index in [4.69, 9.17) is 10.5 Å². The number of nitrogen functional groups attached to an aromatic ring is 1. The molecule has 1 aromatic carbocycles. The number of halogens is 1. The highest BCUT2D eigenvalue weighted by molar-refractivity contribution is 9.09. The van der Waals surface area contributed by atoms with Crippen LogP contribution >= 0.6 is 15.9 Å². The second-order valence-electron chi connectivity index (χ2n) is 2.93. The summed E-state index contributed by atoms with van der Waals surface area (Å²) in [7, 11) is 1.28. The molecule has 0 spiro atoms. The summed E-state index contributed by atoms with van der Waals surface area (Å²) in [5.74, 6) is -0.438. The Morgan fingerprint density at radius 1 is 1.62 bits per heavy atom. The van der Waals surface area contributed by atoms with Crippen LogP contribution in [0.25, 0.3) is 0 Å². The Morgan fingerprint density at radius 3 is 2.69 bits per heavy atom. The fourth-order valence-electron chi connectivity index (χ4n) is 1.26. The number of anilines is 1. The summed E-state index contributed by atoms with van der Waals surface area (Å²) < 4.78 is 4.83. The first-order valence-corrected chi connectivity index (χ1v) is 5.34. The number of hydrogen-bond acceptors (Lipinski definition) is 5. The molecule has 7 heteroatoms. The SMILES string of the molecule is COc1cc(N)cc(C(=O)CBr)c1[N+](=O)[O-]. The summed E-state index contributed by atoms with van der Waals surface area (Å²) in [5, 5.41) is 10.8. The summed E-state index contributed by atoms with van der Waals surface area (Å²) in [4.78, 5) is 21.7. The van der Waals surface area contributed by atoms with Crippen molar-refractivity contribution in [3.63, 3.8) is 0 Å². The Labute approximate surface area is 99.7 Å². The molecule has 0 saturated heterocycles. The number of nitro benzene ring substituents is 1. The van der Waals surface area contributed by atoms with Crippen LogP contribution in [0.15, 0.2) is 12.1 Å². The van der Waals surface area contributed by atoms with Gasteiger partial charge in [0.2, 0.25) is 0 Å². The van der Waals surface area contributed by atoms with Gasteiger partial charge in [-0.15, -0.1) is 0 Å². The molecule has 0 amide bonds. The molecule has 0 radical (unpaired) electrons. The molecule has 0 bridgehead atoms. The lowest BCUT2D eigenvalue weighted by molar-refractivity contribution is -0.386. The first-order chi connectivity index (χ1) is 7.51. The first kappa shape index (κ1) is 12.4. The van der Waals surface area contributed by atoms with Crippen molar-refractivity contribution in [3.8, 4) is 5.75 Å². The fourth-order valence-corrected chi connectivity index (χ4v) is 1.56. The minimum Gasteiger partial charge on any atom is -0.490 e. The maximum atomic E-state index is 11.5. The Kier molecular flexibility index (Phi) is 3.83. The molecular weight excluding hydrogens is 280 g/mol. The van der Waals surface area contributed by atoms with E-state index < -0.39 is 10.7 Å². The number of nitrogens with zero attached hydrogens (tertiary/aromatic N) is 1. The van der Waals surface area contributed by atoms with Gasteiger partial charge in [0.25, 0.3) is 0 Å². The molecule has 0 fully saturated rings. The Bertz CT molecular complexity index is 447. The molecule has 6 nitrogen and oxygen atoms in total. The number of ether oxygens (including phenoxy) is 1. The van der Waals surface area contributed by atoms with E-state index in [9.17, 15) is 14.9 Å². The van der Waals surface area contributed by atoms with E-state index in [0.717, 1.165) is 0 Å². The second kappa shape index (κ2) is 4.93. The van der Waals surface area contributed by atoms with Crippen LogP contribution in [0.2, 0.25) is 0 Å². The summed E-state index contributed by atoms with van der Waals surface area (Å²) in [6.45, 7) is 0. The van der Waals surface area contributed by atoms with Gasteiger partial charge >= 0.3 is 5.69 Å². The molecule has 2 N–H and O–H groups in total. The lowest BCUT2D eigenvalue weighted by Gasteiger charge is -2.06. The van der Waals surface area contributed by atoms with Crippen molar-refractivity contribution in [1.82, 2.24) is 0 Å². The van der Waals surface area contributed by atoms with Crippen LogP contribution in [0, 0.1) is 10.1 Å². The van der Waals surface area contributed by atoms with E-state index in [1.807, 2.05) is 0 Å². The average Bonchev–Trinajstić information content (AvgIpc) is 2.26. The Balaban J connectivity index is 3.50. The highest BCUT2D eigenvalue weighted by atomic mass is 79.9. The predicted molar refractivity (Wildman–Crippen MR) is 62.2 cm³/mol. The van der Waals surface area contributed by atoms with Gasteiger partial charge in [0.15, 0.2) is 11.5 Å². The van der Waals surface area contributed by atoms with Crippen molar-refractivity contribution in [3.05, 3.63) is 27.8 Å². The number of Topliss-reactive ketones (excluding diaryl/α,β-unsaturated/α-hetero) is 1. The van der Waals surface area contributed by atoms with Crippen LogP contribution in [0.5, 0.6) is 5.75 Å². The smallest absolute Gasteiger partial charge is 0.321 e. The average molecular weight is 289 g/mol. The lowest BCUT2D eigenvalue weighted by Crippen LogP contribution is -2.07. The van der Waals surface area contributed by atoms with Gasteiger partial charge in [-0.2, -0.15) is 0 Å². The van der Waals surface area contributed by atoms with Crippen molar-refractivity contribution in [2.24, 2.45) is 0 Å². The third kappa shape index (κ3) is 2.30. The molecule has 0 aliphatic heterocycles. The maximum Gasteiger partial charge on any atom is 0.321 e. The third-order valence-corrected chi connectivity index (χ3v) is 2.43. The Hall–Kier alpha value is -1.63. The van der Waals surface area contributed by atoms with Crippen LogP contribution in [0.3, 0.4) is 0 Å². The van der Waals surface area contributed by atoms with Gasteiger partial charge in [-0.3, -0.25) is 14.9 Å². The number of rotatable bonds is 4. The van der Waals surface area contributed by atoms with E-state index >= 15 is 0 Å². The standard InChI is InChI=1S/C9H9BrN2O4/c1-16-8-3-5(11)2-6(7(13)4-10)9(8)12(14)15/h2-3H,4,11H2,1H3. The van der Waals surface area contributed by atoms with Gasteiger partial charge in [-0.05, 0) is 6.07 Å². The van der Waals surface area contributed by atoms with Crippen LogP contribution in [0.1, 0.15) is 10.4 Å². The molecule has 0 atom stereocenters. The number of hydrogen-bond donors (Lipinski definition) is 1. The number of alkyl halides is 1. The van der Waals surface area contributed by atoms with Crippen LogP contribution < -0.4 is 10.5 Å². The molecule has 86 valence electrons. The zero-order valence-corrected chi connectivity index (χ0v) is 9.98. The summed E-state index contributed by atoms with van der Waals surface area (Å²) >= 11 is 2.95. The van der Waals surface area contributed by atoms with Crippen molar-refractivity contribution >= 4 is 33.1 Å². The third-order valence-electron chi connectivity index (χ3n) is 1.92. The van der Waals surface area contributed by atoms with E-state index in [0.29, 0.717) is 0 Å². The molecule has 0 aromatic heterocycles. The summed E-state index contributed by atoms with van der Waals surface area (Å²) in [6, 6.07) is 2.58. The predicted octanol–water partition coefficient (Wildman–Crippen LogP) is 1.76. The number of carbonyl (C=O) groups excluding carboxylic acids is 1. The monoisotopic (exact) mass is 288 g/mol. The quantitative estimate of drug-likeness (QED) is 0.299. The molecule has 1 rings (SSSR count). The summed E-state index contributed by atoms with van der Waals surface area (Å²) in [6.07, 6.45) is 0. The van der Waals surface area contributed by atoms with E-state index in [2.05, 4.69) is 15.9 Å². The van der Waals surface area contributed by atoms with Gasteiger partial charge < -0.3 is 10.5 Å². The lowest BCUT2D eigenvalue weighted by atomic mass is 10.1. The summed E-state index contributed by atoms with van der Waals surface area (Å²) in [5.41, 5.74) is 5.35. The minimum atomic E-state index is -0.659. The van der Waals surface area contributed by atoms with Crippen LogP contribution in [-0.2, 0) is 0 Å². The van der Waals surface area contributed by atoms with Crippen LogP contribution in [0.4, 0.5) is 11.4 Å². The minimum absolute atomic E-state index is 0.0134. The van der Waals surface area contributed by atoms with E-state index in [-0.39, 0.29) is 28.0 Å². The molecule has 0 unspecified atom stereocenters. The first-order valence-electron chi connectivity index (χ1n) is 4.22. The highest BCUT2D eigenvalue weighted by Crippen LogP contribution is 2.33. The molecule has 0 aliphatic rings. The molecule has 0 aliphatic carbocycles. The second-order valence-corrected chi connectivity index (χ2v) is 3.49. The van der Waals surface area contributed by atoms with Gasteiger partial charge in [0, 0.05) is 11.8 Å². The number of carbonyl (C=O) groups is 1. The molecule has 0 heterocycles. The normalized spacial score (nSPS) is 9.88. The number of benzene rings is 1. The van der Waals surface area contributed by atoms with Crippen molar-refractivity contribution in [2.45, 2.75) is 0 Å². The molecule has 1 aromatic rings.